The first kappa shape index (κ1) is 25.5. The molecule has 35 heavy (non-hydrogen) atoms. The molecule has 0 aromatic heterocycles. The Hall–Kier alpha value is -2.54. The van der Waals surface area contributed by atoms with Crippen molar-refractivity contribution in [3.8, 4) is 0 Å². The molecular formula is C27H28Cl2N2O3S. The highest BCUT2D eigenvalue weighted by atomic mass is 35.5. The molecule has 3 aromatic rings. The molecule has 0 heterocycles. The van der Waals surface area contributed by atoms with E-state index in [9.17, 15) is 13.2 Å². The normalized spacial score (nSPS) is 14.1. The average molecular weight is 532 g/mol. The molecule has 8 heteroatoms. The topological polar surface area (TPSA) is 66.5 Å². The predicted molar refractivity (Wildman–Crippen MR) is 142 cm³/mol. The van der Waals surface area contributed by atoms with Gasteiger partial charge in [0.1, 0.15) is 6.54 Å². The van der Waals surface area contributed by atoms with Crippen LogP contribution in [0.1, 0.15) is 48.9 Å². The molecule has 0 aliphatic heterocycles. The van der Waals surface area contributed by atoms with Crippen molar-refractivity contribution in [2.24, 2.45) is 0 Å². The van der Waals surface area contributed by atoms with Crippen LogP contribution in [0.5, 0.6) is 0 Å². The Morgan fingerprint density at radius 2 is 1.69 bits per heavy atom. The van der Waals surface area contributed by atoms with E-state index in [1.165, 1.54) is 48.2 Å². The summed E-state index contributed by atoms with van der Waals surface area (Å²) >= 11 is 12.4. The van der Waals surface area contributed by atoms with Crippen molar-refractivity contribution >= 4 is 44.8 Å². The number of carbonyl (C=O) groups excluding carboxylic acids is 1. The monoisotopic (exact) mass is 530 g/mol. The molecule has 1 amide bonds. The van der Waals surface area contributed by atoms with Crippen molar-refractivity contribution in [2.45, 2.75) is 50.0 Å². The lowest BCUT2D eigenvalue weighted by molar-refractivity contribution is -0.120. The highest BCUT2D eigenvalue weighted by molar-refractivity contribution is 7.92. The molecule has 0 saturated heterocycles. The third kappa shape index (κ3) is 5.83. The predicted octanol–water partition coefficient (Wildman–Crippen LogP) is 6.34. The van der Waals surface area contributed by atoms with Crippen LogP contribution >= 0.6 is 23.2 Å². The number of nitrogens with zero attached hydrogens (tertiary/aromatic N) is 1. The van der Waals surface area contributed by atoms with Gasteiger partial charge in [0, 0.05) is 5.02 Å². The number of benzene rings is 3. The van der Waals surface area contributed by atoms with Gasteiger partial charge >= 0.3 is 0 Å². The fourth-order valence-electron chi connectivity index (χ4n) is 4.46. The lowest BCUT2D eigenvalue weighted by atomic mass is 9.89. The van der Waals surface area contributed by atoms with Gasteiger partial charge in [0.25, 0.3) is 10.0 Å². The number of fused-ring (bicyclic) bond motifs is 1. The lowest BCUT2D eigenvalue weighted by Crippen LogP contribution is -2.42. The number of sulfonamides is 1. The maximum atomic E-state index is 13.5. The Bertz CT molecular complexity index is 1310. The van der Waals surface area contributed by atoms with Gasteiger partial charge in [-0.25, -0.2) is 8.42 Å². The fourth-order valence-corrected chi connectivity index (χ4v) is 6.49. The number of aryl methyl sites for hydroxylation is 2. The van der Waals surface area contributed by atoms with Crippen molar-refractivity contribution < 1.29 is 13.2 Å². The van der Waals surface area contributed by atoms with Crippen molar-refractivity contribution in [3.05, 3.63) is 93.5 Å². The number of nitrogens with one attached hydrogen (secondary N) is 1. The molecule has 4 rings (SSSR count). The molecule has 1 atom stereocenters. The number of rotatable bonds is 8. The maximum Gasteiger partial charge on any atom is 0.264 e. The zero-order valence-electron chi connectivity index (χ0n) is 19.5. The Labute approximate surface area is 217 Å². The Kier molecular flexibility index (Phi) is 8.05. The number of hydrogen-bond acceptors (Lipinski definition) is 3. The number of amides is 1. The van der Waals surface area contributed by atoms with Gasteiger partial charge in [0.15, 0.2) is 0 Å². The van der Waals surface area contributed by atoms with E-state index in [0.29, 0.717) is 11.4 Å². The van der Waals surface area contributed by atoms with E-state index >= 15 is 0 Å². The second-order valence-electron chi connectivity index (χ2n) is 8.68. The Balaban J connectivity index is 1.62. The van der Waals surface area contributed by atoms with Gasteiger partial charge in [-0.3, -0.25) is 9.10 Å². The Morgan fingerprint density at radius 3 is 2.37 bits per heavy atom. The third-order valence-corrected chi connectivity index (χ3v) is 8.63. The van der Waals surface area contributed by atoms with E-state index in [0.717, 1.165) is 22.7 Å². The van der Waals surface area contributed by atoms with Crippen LogP contribution in [0.25, 0.3) is 0 Å². The average Bonchev–Trinajstić information content (AvgIpc) is 2.86. The first-order chi connectivity index (χ1) is 16.8. The zero-order valence-corrected chi connectivity index (χ0v) is 21.8. The summed E-state index contributed by atoms with van der Waals surface area (Å²) in [6.07, 6.45) is 5.20. The number of halogens is 2. The van der Waals surface area contributed by atoms with E-state index in [-0.39, 0.29) is 21.6 Å². The summed E-state index contributed by atoms with van der Waals surface area (Å²) in [6, 6.07) is 18.7. The summed E-state index contributed by atoms with van der Waals surface area (Å²) in [7, 11) is -4.06. The van der Waals surface area contributed by atoms with Gasteiger partial charge in [-0.05, 0) is 79.1 Å². The van der Waals surface area contributed by atoms with Crippen LogP contribution in [-0.2, 0) is 27.7 Å². The summed E-state index contributed by atoms with van der Waals surface area (Å²) in [5.41, 5.74) is 3.93. The van der Waals surface area contributed by atoms with Crippen molar-refractivity contribution in [3.63, 3.8) is 0 Å². The van der Waals surface area contributed by atoms with Crippen LogP contribution in [-0.4, -0.2) is 20.9 Å². The maximum absolute atomic E-state index is 13.5. The Morgan fingerprint density at radius 1 is 0.971 bits per heavy atom. The van der Waals surface area contributed by atoms with E-state index in [1.807, 2.05) is 6.92 Å². The molecule has 1 aliphatic carbocycles. The summed E-state index contributed by atoms with van der Waals surface area (Å²) in [4.78, 5) is 13.3. The molecule has 0 bridgehead atoms. The van der Waals surface area contributed by atoms with E-state index in [4.69, 9.17) is 23.2 Å². The molecule has 5 nitrogen and oxygen atoms in total. The van der Waals surface area contributed by atoms with E-state index in [2.05, 4.69) is 23.5 Å². The van der Waals surface area contributed by atoms with Crippen molar-refractivity contribution in [1.29, 1.82) is 0 Å². The van der Waals surface area contributed by atoms with Crippen molar-refractivity contribution in [1.82, 2.24) is 5.32 Å². The molecule has 0 unspecified atom stereocenters. The summed E-state index contributed by atoms with van der Waals surface area (Å²) in [5, 5.41) is 3.55. The van der Waals surface area contributed by atoms with Gasteiger partial charge in [0.05, 0.1) is 21.6 Å². The van der Waals surface area contributed by atoms with Crippen LogP contribution in [0.2, 0.25) is 10.0 Å². The van der Waals surface area contributed by atoms with Crippen LogP contribution in [0, 0.1) is 0 Å². The van der Waals surface area contributed by atoms with Gasteiger partial charge < -0.3 is 5.32 Å². The van der Waals surface area contributed by atoms with Crippen LogP contribution in [0.3, 0.4) is 0 Å². The third-order valence-electron chi connectivity index (χ3n) is 6.32. The van der Waals surface area contributed by atoms with Gasteiger partial charge in [-0.1, -0.05) is 66.5 Å². The second kappa shape index (κ2) is 11.0. The summed E-state index contributed by atoms with van der Waals surface area (Å²) < 4.78 is 28.1. The molecule has 0 spiro atoms. The molecule has 0 saturated carbocycles. The number of hydrogen-bond donors (Lipinski definition) is 1. The number of anilines is 1. The summed E-state index contributed by atoms with van der Waals surface area (Å²) in [5.74, 6) is -0.417. The first-order valence-corrected chi connectivity index (χ1v) is 13.9. The zero-order chi connectivity index (χ0) is 25.0. The minimum atomic E-state index is -4.06. The highest BCUT2D eigenvalue weighted by Gasteiger charge is 2.29. The molecule has 0 radical (unpaired) electrons. The van der Waals surface area contributed by atoms with Crippen LogP contribution in [0.4, 0.5) is 5.69 Å². The summed E-state index contributed by atoms with van der Waals surface area (Å²) in [6.45, 7) is 1.58. The van der Waals surface area contributed by atoms with E-state index < -0.39 is 22.5 Å². The van der Waals surface area contributed by atoms with Crippen molar-refractivity contribution in [2.75, 3.05) is 10.8 Å². The lowest BCUT2D eigenvalue weighted by Gasteiger charge is -2.27. The largest absolute Gasteiger partial charge is 0.348 e. The second-order valence-corrected chi connectivity index (χ2v) is 11.4. The molecule has 184 valence electrons. The minimum Gasteiger partial charge on any atom is -0.348 e. The first-order valence-electron chi connectivity index (χ1n) is 11.7. The minimum absolute atomic E-state index is 0.0699. The smallest absolute Gasteiger partial charge is 0.264 e. The van der Waals surface area contributed by atoms with Gasteiger partial charge in [-0.15, -0.1) is 0 Å². The standard InChI is InChI=1S/C27H28Cl2N2O3S/c1-2-25(21-13-12-19-8-6-7-9-20(19)16-21)30-27(32)18-31(26-15-14-22(28)17-24(26)29)35(33,34)23-10-4-3-5-11-23/h3-5,10-17,25H,2,6-9,18H2,1H3,(H,30,32)/t25-/m0/s1. The van der Waals surface area contributed by atoms with Crippen LogP contribution < -0.4 is 9.62 Å². The fraction of sp³-hybridized carbons (Fsp3) is 0.296. The molecule has 0 fully saturated rings. The SMILES string of the molecule is CC[C@H](NC(=O)CN(c1ccc(Cl)cc1Cl)S(=O)(=O)c1ccccc1)c1ccc2c(c1)CCCC2. The molecule has 1 aliphatic rings. The quantitative estimate of drug-likeness (QED) is 0.369. The highest BCUT2D eigenvalue weighted by Crippen LogP contribution is 2.33. The number of carbonyl (C=O) groups is 1. The molecule has 1 N–H and O–H groups in total. The molecule has 3 aromatic carbocycles. The van der Waals surface area contributed by atoms with E-state index in [1.54, 1.807) is 24.3 Å². The van der Waals surface area contributed by atoms with Crippen LogP contribution in [0.15, 0.2) is 71.6 Å². The van der Waals surface area contributed by atoms with Gasteiger partial charge in [-0.2, -0.15) is 0 Å². The van der Waals surface area contributed by atoms with Gasteiger partial charge in [0.2, 0.25) is 5.91 Å². The molecular weight excluding hydrogens is 503 g/mol.